The third-order valence-electron chi connectivity index (χ3n) is 1.80. The smallest absolute Gasteiger partial charge is 0.0520 e. The third kappa shape index (κ3) is 22.6. The summed E-state index contributed by atoms with van der Waals surface area (Å²) in [5.74, 6) is 0. The van der Waals surface area contributed by atoms with Crippen molar-refractivity contribution in [2.45, 2.75) is 51.6 Å². The summed E-state index contributed by atoms with van der Waals surface area (Å²) >= 11 is 0. The molecule has 14 heavy (non-hydrogen) atoms. The fourth-order valence-electron chi connectivity index (χ4n) is 0.919. The molecule has 4 nitrogen and oxygen atoms in total. The molecule has 0 amide bonds. The zero-order valence-electron chi connectivity index (χ0n) is 9.54. The normalized spacial score (nSPS) is 9.86. The highest BCUT2D eigenvalue weighted by Crippen LogP contribution is 1.97. The first kappa shape index (κ1) is 16.3. The van der Waals surface area contributed by atoms with E-state index in [1.807, 2.05) is 0 Å². The van der Waals surface area contributed by atoms with Crippen LogP contribution >= 0.6 is 0 Å². The van der Waals surface area contributed by atoms with E-state index in [1.165, 1.54) is 19.3 Å². The van der Waals surface area contributed by atoms with Crippen LogP contribution in [0.5, 0.6) is 0 Å². The van der Waals surface area contributed by atoms with Crippen molar-refractivity contribution in [1.29, 1.82) is 0 Å². The van der Waals surface area contributed by atoms with Crippen molar-refractivity contribution in [1.82, 2.24) is 0 Å². The summed E-state index contributed by atoms with van der Waals surface area (Å²) in [4.78, 5) is 0. The van der Waals surface area contributed by atoms with Crippen molar-refractivity contribution in [3.05, 3.63) is 0 Å². The van der Waals surface area contributed by atoms with E-state index in [1.54, 1.807) is 0 Å². The van der Waals surface area contributed by atoms with Crippen molar-refractivity contribution in [2.75, 3.05) is 13.1 Å². The van der Waals surface area contributed by atoms with Gasteiger partial charge in [0.15, 0.2) is 0 Å². The van der Waals surface area contributed by atoms with Crippen molar-refractivity contribution in [2.24, 2.45) is 22.9 Å². The summed E-state index contributed by atoms with van der Waals surface area (Å²) in [7, 11) is 0. The van der Waals surface area contributed by atoms with Crippen molar-refractivity contribution in [3.8, 4) is 0 Å². The Morgan fingerprint density at radius 3 is 1.64 bits per heavy atom. The predicted molar refractivity (Wildman–Crippen MR) is 63.6 cm³/mol. The molecule has 0 spiro atoms. The molecule has 88 valence electrons. The molecule has 0 bridgehead atoms. The van der Waals surface area contributed by atoms with E-state index in [9.17, 15) is 0 Å². The van der Waals surface area contributed by atoms with Gasteiger partial charge >= 0.3 is 0 Å². The van der Waals surface area contributed by atoms with Gasteiger partial charge in [0.2, 0.25) is 0 Å². The van der Waals surface area contributed by atoms with E-state index in [2.05, 4.69) is 6.92 Å². The first-order chi connectivity index (χ1) is 6.68. The summed E-state index contributed by atoms with van der Waals surface area (Å²) < 4.78 is 0. The number of nitrogens with two attached hydrogens (primary N) is 4. The van der Waals surface area contributed by atoms with Crippen molar-refractivity contribution in [3.63, 3.8) is 0 Å². The van der Waals surface area contributed by atoms with E-state index in [0.717, 1.165) is 32.4 Å². The van der Waals surface area contributed by atoms with E-state index < -0.39 is 0 Å². The molecule has 0 aromatic heterocycles. The van der Waals surface area contributed by atoms with Crippen LogP contribution in [0.3, 0.4) is 0 Å². The summed E-state index contributed by atoms with van der Waals surface area (Å²) in [5.41, 5.74) is 20.9. The quantitative estimate of drug-likeness (QED) is 0.358. The second kappa shape index (κ2) is 15.3. The molecule has 0 aliphatic heterocycles. The second-order valence-corrected chi connectivity index (χ2v) is 3.44. The maximum absolute atomic E-state index is 5.31. The predicted octanol–water partition coefficient (Wildman–Crippen LogP) is 0.494. The average Bonchev–Trinajstić information content (AvgIpc) is 2.16. The fourth-order valence-corrected chi connectivity index (χ4v) is 0.919. The number of unbranched alkanes of at least 4 members (excludes halogenated alkanes) is 3. The highest BCUT2D eigenvalue weighted by molar-refractivity contribution is 4.49. The molecule has 0 radical (unpaired) electrons. The number of hydrogen-bond acceptors (Lipinski definition) is 4. The monoisotopic (exact) mass is 204 g/mol. The van der Waals surface area contributed by atoms with Gasteiger partial charge in [0.1, 0.15) is 0 Å². The lowest BCUT2D eigenvalue weighted by atomic mass is 10.2. The van der Waals surface area contributed by atoms with Gasteiger partial charge in [-0.05, 0) is 32.4 Å². The van der Waals surface area contributed by atoms with Gasteiger partial charge in [0.05, 0.1) is 6.17 Å². The lowest BCUT2D eigenvalue weighted by molar-refractivity contribution is 0.575. The van der Waals surface area contributed by atoms with E-state index >= 15 is 0 Å². The van der Waals surface area contributed by atoms with Crippen molar-refractivity contribution >= 4 is 0 Å². The zero-order chi connectivity index (χ0) is 11.2. The summed E-state index contributed by atoms with van der Waals surface area (Å²) in [6, 6.07) is 0. The molecule has 0 unspecified atom stereocenters. The Labute approximate surface area is 88.4 Å². The summed E-state index contributed by atoms with van der Waals surface area (Å²) in [6.45, 7) is 3.72. The molecular formula is C10H28N4. The van der Waals surface area contributed by atoms with Gasteiger partial charge in [-0.2, -0.15) is 0 Å². The standard InChI is InChI=1S/C6H16N2.C4H12N2/c1-2-3-4-5-6(7)8;5-3-1-2-4-6/h6H,2-5,7-8H2,1H3;1-6H2. The first-order valence-corrected chi connectivity index (χ1v) is 5.60. The van der Waals surface area contributed by atoms with Crippen LogP contribution in [-0.4, -0.2) is 19.3 Å². The van der Waals surface area contributed by atoms with Gasteiger partial charge in [0.25, 0.3) is 0 Å². The minimum absolute atomic E-state index is 0.0958. The van der Waals surface area contributed by atoms with E-state index in [4.69, 9.17) is 22.9 Å². The molecule has 0 aromatic carbocycles. The lowest BCUT2D eigenvalue weighted by Crippen LogP contribution is -2.29. The van der Waals surface area contributed by atoms with Crippen LogP contribution in [0.4, 0.5) is 0 Å². The minimum Gasteiger partial charge on any atom is -0.330 e. The SMILES string of the molecule is CCCCCC(N)N.NCCCCN. The molecular weight excluding hydrogens is 176 g/mol. The zero-order valence-corrected chi connectivity index (χ0v) is 9.54. The largest absolute Gasteiger partial charge is 0.330 e. The molecule has 8 N–H and O–H groups in total. The average molecular weight is 204 g/mol. The Kier molecular flexibility index (Phi) is 17.8. The van der Waals surface area contributed by atoms with Gasteiger partial charge in [-0.15, -0.1) is 0 Å². The first-order valence-electron chi connectivity index (χ1n) is 5.60. The molecule has 0 saturated heterocycles. The molecule has 0 aromatic rings. The van der Waals surface area contributed by atoms with Gasteiger partial charge in [0, 0.05) is 0 Å². The topological polar surface area (TPSA) is 104 Å². The Morgan fingerprint density at radius 1 is 0.857 bits per heavy atom. The molecule has 0 aliphatic carbocycles. The fraction of sp³-hybridized carbons (Fsp3) is 1.00. The van der Waals surface area contributed by atoms with Crippen LogP contribution in [-0.2, 0) is 0 Å². The Bertz CT molecular complexity index is 82.2. The molecule has 4 heteroatoms. The minimum atomic E-state index is -0.0958. The third-order valence-corrected chi connectivity index (χ3v) is 1.80. The van der Waals surface area contributed by atoms with Crippen molar-refractivity contribution < 1.29 is 0 Å². The molecule has 0 heterocycles. The van der Waals surface area contributed by atoms with Gasteiger partial charge in [-0.25, -0.2) is 0 Å². The van der Waals surface area contributed by atoms with Gasteiger partial charge < -0.3 is 22.9 Å². The van der Waals surface area contributed by atoms with Gasteiger partial charge in [-0.3, -0.25) is 0 Å². The Morgan fingerprint density at radius 2 is 1.36 bits per heavy atom. The van der Waals surface area contributed by atoms with Crippen LogP contribution in [0.25, 0.3) is 0 Å². The van der Waals surface area contributed by atoms with Gasteiger partial charge in [-0.1, -0.05) is 26.2 Å². The second-order valence-electron chi connectivity index (χ2n) is 3.44. The molecule has 0 atom stereocenters. The highest BCUT2D eigenvalue weighted by Gasteiger charge is 1.90. The van der Waals surface area contributed by atoms with Crippen LogP contribution in [0.1, 0.15) is 45.4 Å². The maximum Gasteiger partial charge on any atom is 0.0520 e. The van der Waals surface area contributed by atoms with E-state index in [0.29, 0.717) is 0 Å². The number of rotatable bonds is 7. The van der Waals surface area contributed by atoms with Crippen LogP contribution < -0.4 is 22.9 Å². The molecule has 0 rings (SSSR count). The molecule has 0 saturated carbocycles. The van der Waals surface area contributed by atoms with Crippen LogP contribution in [0.15, 0.2) is 0 Å². The Hall–Kier alpha value is -0.160. The Balaban J connectivity index is 0. The van der Waals surface area contributed by atoms with E-state index in [-0.39, 0.29) is 6.17 Å². The summed E-state index contributed by atoms with van der Waals surface area (Å²) in [5, 5.41) is 0. The maximum atomic E-state index is 5.31. The molecule has 0 fully saturated rings. The lowest BCUT2D eigenvalue weighted by Gasteiger charge is -2.01. The van der Waals surface area contributed by atoms with Crippen LogP contribution in [0.2, 0.25) is 0 Å². The summed E-state index contributed by atoms with van der Waals surface area (Å²) in [6.07, 6.45) is 6.67. The number of hydrogen-bond donors (Lipinski definition) is 4. The molecule has 0 aliphatic rings. The highest BCUT2D eigenvalue weighted by atomic mass is 14.8. The van der Waals surface area contributed by atoms with Crippen LogP contribution in [0, 0.1) is 0 Å².